The van der Waals surface area contributed by atoms with E-state index in [1.807, 2.05) is 60.7 Å². The summed E-state index contributed by atoms with van der Waals surface area (Å²) in [6.45, 7) is -0.245. The number of amides is 3. The number of para-hydroxylation sites is 1. The number of thioether (sulfide) groups is 1. The van der Waals surface area contributed by atoms with Crippen LogP contribution in [0.1, 0.15) is 16.4 Å². The van der Waals surface area contributed by atoms with Crippen LogP contribution in [0.5, 0.6) is 11.5 Å². The Morgan fingerprint density at radius 2 is 1.58 bits per heavy atom. The number of imide groups is 1. The number of carbonyl (C=O) groups excluding carboxylic acids is 3. The summed E-state index contributed by atoms with van der Waals surface area (Å²) in [5.41, 5.74) is 1.75. The fourth-order valence-electron chi connectivity index (χ4n) is 6.11. The number of hydrogen-bond donors (Lipinski definition) is 1. The largest absolute Gasteiger partial charge is 0.497 e. The number of methoxy groups -OCH3 is 2. The second-order valence-electron chi connectivity index (χ2n) is 10.7. The van der Waals surface area contributed by atoms with Crippen LogP contribution in [0.4, 0.5) is 11.4 Å². The van der Waals surface area contributed by atoms with E-state index in [4.69, 9.17) is 9.47 Å². The molecule has 0 spiro atoms. The molecule has 3 atom stereocenters. The van der Waals surface area contributed by atoms with E-state index in [2.05, 4.69) is 5.32 Å². The summed E-state index contributed by atoms with van der Waals surface area (Å²) in [5, 5.41) is 4.63. The summed E-state index contributed by atoms with van der Waals surface area (Å²) >= 11 is 2.17. The normalized spacial score (nSPS) is 18.9. The Bertz CT molecular complexity index is 2040. The Kier molecular flexibility index (Phi) is 7.42. The molecule has 5 aromatic rings. The van der Waals surface area contributed by atoms with E-state index in [1.54, 1.807) is 44.6 Å². The van der Waals surface area contributed by atoms with Crippen LogP contribution in [0.3, 0.4) is 0 Å². The van der Waals surface area contributed by atoms with Gasteiger partial charge in [-0.25, -0.2) is 4.90 Å². The number of ether oxygens (including phenoxy) is 2. The molecule has 1 aromatic heterocycles. The van der Waals surface area contributed by atoms with Crippen molar-refractivity contribution in [2.24, 2.45) is 5.92 Å². The van der Waals surface area contributed by atoms with Crippen molar-refractivity contribution >= 4 is 63.0 Å². The maximum atomic E-state index is 14.1. The SMILES string of the molecule is COc1ccc(N2C(=O)C3Sc4c(sc(=O)n4CC(=O)Nc4ccc5ccccc5c4)[C@H](c4ccccc4OC)C3C2=O)cc1. The summed E-state index contributed by atoms with van der Waals surface area (Å²) in [6.07, 6.45) is 0. The highest BCUT2D eigenvalue weighted by Gasteiger charge is 2.57. The summed E-state index contributed by atoms with van der Waals surface area (Å²) < 4.78 is 12.3. The summed E-state index contributed by atoms with van der Waals surface area (Å²) in [7, 11) is 3.09. The van der Waals surface area contributed by atoms with Crippen LogP contribution in [0, 0.1) is 5.92 Å². The first kappa shape index (κ1) is 28.9. The van der Waals surface area contributed by atoms with Gasteiger partial charge in [-0.15, -0.1) is 0 Å². The third-order valence-electron chi connectivity index (χ3n) is 8.19. The smallest absolute Gasteiger partial charge is 0.308 e. The summed E-state index contributed by atoms with van der Waals surface area (Å²) in [4.78, 5) is 56.4. The number of anilines is 2. The highest BCUT2D eigenvalue weighted by Crippen LogP contribution is 2.55. The molecule has 1 saturated heterocycles. The lowest BCUT2D eigenvalue weighted by atomic mass is 9.82. The molecule has 0 saturated carbocycles. The van der Waals surface area contributed by atoms with Gasteiger partial charge in [-0.1, -0.05) is 71.6 Å². The van der Waals surface area contributed by atoms with Crippen molar-refractivity contribution in [2.45, 2.75) is 22.7 Å². The number of fused-ring (bicyclic) bond motifs is 3. The first-order valence-electron chi connectivity index (χ1n) is 14.2. The standard InChI is InChI=1S/C34H27N3O6S2/c1-42-23-15-13-22(14-16-23)37-31(39)28-27(24-9-5-6-10-25(24)43-2)30-33(44-29(28)32(37)40)36(34(41)45-30)18-26(38)35-21-12-11-19-7-3-4-8-20(19)17-21/h3-17,27-29H,18H2,1-2H3,(H,35,38)/t27-,28?,29?/m1/s1. The minimum atomic E-state index is -0.814. The molecule has 0 aliphatic carbocycles. The van der Waals surface area contributed by atoms with E-state index >= 15 is 0 Å². The predicted octanol–water partition coefficient (Wildman–Crippen LogP) is 5.51. The first-order chi connectivity index (χ1) is 21.9. The van der Waals surface area contributed by atoms with Crippen LogP contribution in [0.25, 0.3) is 10.8 Å². The quantitative estimate of drug-likeness (QED) is 0.235. The zero-order valence-corrected chi connectivity index (χ0v) is 25.9. The maximum Gasteiger partial charge on any atom is 0.308 e. The van der Waals surface area contributed by atoms with Crippen molar-refractivity contribution in [3.8, 4) is 11.5 Å². The monoisotopic (exact) mass is 637 g/mol. The second-order valence-corrected chi connectivity index (χ2v) is 12.9. The molecule has 4 aromatic carbocycles. The van der Waals surface area contributed by atoms with Gasteiger partial charge in [0.1, 0.15) is 23.3 Å². The fourth-order valence-corrected chi connectivity index (χ4v) is 8.87. The van der Waals surface area contributed by atoms with Crippen molar-refractivity contribution in [1.82, 2.24) is 4.57 Å². The third-order valence-corrected chi connectivity index (χ3v) is 10.8. The zero-order valence-electron chi connectivity index (χ0n) is 24.3. The van der Waals surface area contributed by atoms with E-state index in [0.29, 0.717) is 38.3 Å². The molecule has 0 bridgehead atoms. The second kappa shape index (κ2) is 11.6. The van der Waals surface area contributed by atoms with Gasteiger partial charge < -0.3 is 14.8 Å². The van der Waals surface area contributed by atoms with Gasteiger partial charge in [-0.2, -0.15) is 0 Å². The highest BCUT2D eigenvalue weighted by molar-refractivity contribution is 8.00. The number of nitrogens with zero attached hydrogens (tertiary/aromatic N) is 2. The van der Waals surface area contributed by atoms with Gasteiger partial charge in [0.15, 0.2) is 0 Å². The molecule has 11 heteroatoms. The Morgan fingerprint density at radius 3 is 2.33 bits per heavy atom. The van der Waals surface area contributed by atoms with Gasteiger partial charge in [0.2, 0.25) is 17.7 Å². The fraction of sp³-hybridized carbons (Fsp3) is 0.176. The topological polar surface area (TPSA) is 107 Å². The summed E-state index contributed by atoms with van der Waals surface area (Å²) in [5.74, 6) is -1.38. The van der Waals surface area contributed by atoms with Crippen LogP contribution in [0.15, 0.2) is 101 Å². The van der Waals surface area contributed by atoms with Gasteiger partial charge in [0, 0.05) is 22.0 Å². The average molecular weight is 638 g/mol. The molecule has 1 fully saturated rings. The van der Waals surface area contributed by atoms with E-state index in [-0.39, 0.29) is 29.1 Å². The van der Waals surface area contributed by atoms with Crippen molar-refractivity contribution in [2.75, 3.05) is 24.4 Å². The molecule has 2 unspecified atom stereocenters. The Balaban J connectivity index is 1.27. The van der Waals surface area contributed by atoms with Crippen LogP contribution in [-0.4, -0.2) is 41.8 Å². The van der Waals surface area contributed by atoms with Gasteiger partial charge in [-0.05, 0) is 53.2 Å². The van der Waals surface area contributed by atoms with Gasteiger partial charge in [0.05, 0.1) is 30.9 Å². The number of aromatic nitrogens is 1. The molecule has 45 heavy (non-hydrogen) atoms. The van der Waals surface area contributed by atoms with E-state index in [1.165, 1.54) is 21.2 Å². The third kappa shape index (κ3) is 4.98. The molecular formula is C34H27N3O6S2. The minimum absolute atomic E-state index is 0.245. The highest BCUT2D eigenvalue weighted by atomic mass is 32.2. The molecule has 1 N–H and O–H groups in total. The first-order valence-corrected chi connectivity index (χ1v) is 15.9. The molecule has 3 amide bonds. The maximum absolute atomic E-state index is 14.1. The number of rotatable bonds is 7. The van der Waals surface area contributed by atoms with Crippen LogP contribution in [-0.2, 0) is 20.9 Å². The van der Waals surface area contributed by atoms with Crippen LogP contribution < -0.4 is 24.6 Å². The molecule has 2 aliphatic heterocycles. The molecular weight excluding hydrogens is 611 g/mol. The zero-order chi connectivity index (χ0) is 31.2. The molecule has 2 aliphatic rings. The lowest BCUT2D eigenvalue weighted by Gasteiger charge is -2.31. The van der Waals surface area contributed by atoms with E-state index in [9.17, 15) is 19.2 Å². The number of thiazole rings is 1. The molecule has 3 heterocycles. The Labute approximate surface area is 266 Å². The summed E-state index contributed by atoms with van der Waals surface area (Å²) in [6, 6.07) is 27.5. The van der Waals surface area contributed by atoms with E-state index < -0.39 is 17.1 Å². The lowest BCUT2D eigenvalue weighted by Crippen LogP contribution is -2.33. The Morgan fingerprint density at radius 1 is 0.844 bits per heavy atom. The molecule has 226 valence electrons. The predicted molar refractivity (Wildman–Crippen MR) is 175 cm³/mol. The number of nitrogens with one attached hydrogen (secondary N) is 1. The number of benzene rings is 4. The van der Waals surface area contributed by atoms with Gasteiger partial charge in [-0.3, -0.25) is 23.7 Å². The van der Waals surface area contributed by atoms with Crippen molar-refractivity contribution in [1.29, 1.82) is 0 Å². The van der Waals surface area contributed by atoms with Crippen LogP contribution >= 0.6 is 23.1 Å². The van der Waals surface area contributed by atoms with E-state index in [0.717, 1.165) is 22.1 Å². The lowest BCUT2D eigenvalue weighted by molar-refractivity contribution is -0.122. The van der Waals surface area contributed by atoms with Crippen molar-refractivity contribution in [3.63, 3.8) is 0 Å². The van der Waals surface area contributed by atoms with Gasteiger partial charge >= 0.3 is 4.87 Å². The molecule has 0 radical (unpaired) electrons. The Hall–Kier alpha value is -4.87. The molecule has 9 nitrogen and oxygen atoms in total. The number of hydrogen-bond acceptors (Lipinski definition) is 8. The van der Waals surface area contributed by atoms with Gasteiger partial charge in [0.25, 0.3) is 0 Å². The van der Waals surface area contributed by atoms with Crippen molar-refractivity contribution < 1.29 is 23.9 Å². The number of carbonyl (C=O) groups is 3. The minimum Gasteiger partial charge on any atom is -0.497 e. The molecule has 7 rings (SSSR count). The van der Waals surface area contributed by atoms with Crippen molar-refractivity contribution in [3.05, 3.63) is 111 Å². The van der Waals surface area contributed by atoms with Crippen LogP contribution in [0.2, 0.25) is 0 Å². The average Bonchev–Trinajstić information content (AvgIpc) is 3.50.